The number of carbonyl (C=O) groups excluding carboxylic acids is 1. The van der Waals surface area contributed by atoms with Crippen LogP contribution in [0, 0.1) is 5.82 Å². The zero-order valence-corrected chi connectivity index (χ0v) is 17.9. The van der Waals surface area contributed by atoms with Gasteiger partial charge in [-0.3, -0.25) is 9.69 Å². The van der Waals surface area contributed by atoms with E-state index in [1.807, 2.05) is 18.2 Å². The summed E-state index contributed by atoms with van der Waals surface area (Å²) in [6.45, 7) is 2.85. The van der Waals surface area contributed by atoms with Crippen molar-refractivity contribution in [2.24, 2.45) is 0 Å². The Labute approximate surface area is 178 Å². The second-order valence-electron chi connectivity index (χ2n) is 7.72. The standard InChI is InChI=1S/C24H31FN2O3/c1-29-22-12-11-19(15-23(22)30-2)16-27(17-20-9-5-6-10-21(20)25)24(28)18-26-13-7-3-4-8-14-26/h5-6,9-12,15H,3-4,7-8,13-14,16-18H2,1-2H3. The maximum Gasteiger partial charge on any atom is 0.237 e. The fraction of sp³-hybridized carbons (Fsp3) is 0.458. The number of hydrogen-bond acceptors (Lipinski definition) is 4. The van der Waals surface area contributed by atoms with Crippen molar-refractivity contribution in [1.82, 2.24) is 9.80 Å². The maximum atomic E-state index is 14.3. The van der Waals surface area contributed by atoms with Gasteiger partial charge in [0.2, 0.25) is 5.91 Å². The highest BCUT2D eigenvalue weighted by atomic mass is 19.1. The van der Waals surface area contributed by atoms with Gasteiger partial charge in [-0.1, -0.05) is 37.1 Å². The number of rotatable bonds is 8. The normalized spacial score (nSPS) is 14.8. The molecule has 2 aromatic carbocycles. The number of amides is 1. The van der Waals surface area contributed by atoms with Gasteiger partial charge < -0.3 is 14.4 Å². The van der Waals surface area contributed by atoms with Gasteiger partial charge in [-0.2, -0.15) is 0 Å². The Morgan fingerprint density at radius 2 is 1.67 bits per heavy atom. The third-order valence-corrected chi connectivity index (χ3v) is 5.55. The molecule has 0 bridgehead atoms. The molecule has 0 unspecified atom stereocenters. The van der Waals surface area contributed by atoms with Crippen molar-refractivity contribution in [3.8, 4) is 11.5 Å². The van der Waals surface area contributed by atoms with E-state index in [-0.39, 0.29) is 18.3 Å². The minimum absolute atomic E-state index is 0.00920. The van der Waals surface area contributed by atoms with Crippen LogP contribution >= 0.6 is 0 Å². The van der Waals surface area contributed by atoms with E-state index in [0.717, 1.165) is 31.5 Å². The second-order valence-corrected chi connectivity index (χ2v) is 7.72. The number of benzene rings is 2. The largest absolute Gasteiger partial charge is 0.493 e. The minimum atomic E-state index is -0.294. The average Bonchev–Trinajstić information content (AvgIpc) is 3.03. The Kier molecular flexibility index (Phi) is 8.08. The average molecular weight is 415 g/mol. The molecule has 1 saturated heterocycles. The van der Waals surface area contributed by atoms with E-state index in [2.05, 4.69) is 4.90 Å². The van der Waals surface area contributed by atoms with Gasteiger partial charge in [0.1, 0.15) is 5.82 Å². The molecule has 5 nitrogen and oxygen atoms in total. The molecule has 1 heterocycles. The maximum absolute atomic E-state index is 14.3. The lowest BCUT2D eigenvalue weighted by molar-refractivity contribution is -0.133. The Morgan fingerprint density at radius 1 is 0.967 bits per heavy atom. The van der Waals surface area contributed by atoms with Gasteiger partial charge in [0, 0.05) is 18.7 Å². The fourth-order valence-electron chi connectivity index (χ4n) is 3.85. The zero-order valence-electron chi connectivity index (χ0n) is 17.9. The van der Waals surface area contributed by atoms with Gasteiger partial charge in [-0.15, -0.1) is 0 Å². The number of likely N-dealkylation sites (tertiary alicyclic amines) is 1. The van der Waals surface area contributed by atoms with Crippen molar-refractivity contribution in [2.45, 2.75) is 38.8 Å². The van der Waals surface area contributed by atoms with Crippen molar-refractivity contribution in [1.29, 1.82) is 0 Å². The molecule has 2 aromatic rings. The molecule has 1 aliphatic heterocycles. The molecule has 0 aromatic heterocycles. The highest BCUT2D eigenvalue weighted by Gasteiger charge is 2.21. The van der Waals surface area contributed by atoms with Crippen molar-refractivity contribution in [3.63, 3.8) is 0 Å². The summed E-state index contributed by atoms with van der Waals surface area (Å²) in [5.41, 5.74) is 1.43. The van der Waals surface area contributed by atoms with Gasteiger partial charge in [0.25, 0.3) is 0 Å². The second kappa shape index (κ2) is 11.0. The smallest absolute Gasteiger partial charge is 0.237 e. The van der Waals surface area contributed by atoms with Gasteiger partial charge in [0.05, 0.1) is 20.8 Å². The fourth-order valence-corrected chi connectivity index (χ4v) is 3.85. The van der Waals surface area contributed by atoms with Crippen molar-refractivity contribution in [3.05, 3.63) is 59.4 Å². The van der Waals surface area contributed by atoms with E-state index < -0.39 is 0 Å². The molecule has 3 rings (SSSR count). The Bertz CT molecular complexity index is 835. The summed E-state index contributed by atoms with van der Waals surface area (Å²) in [5, 5.41) is 0. The summed E-state index contributed by atoms with van der Waals surface area (Å²) < 4.78 is 25.0. The summed E-state index contributed by atoms with van der Waals surface area (Å²) in [4.78, 5) is 17.2. The van der Waals surface area contributed by atoms with Crippen molar-refractivity contribution < 1.29 is 18.7 Å². The molecule has 1 aliphatic rings. The summed E-state index contributed by atoms with van der Waals surface area (Å²) in [6, 6.07) is 12.2. The Morgan fingerprint density at radius 3 is 2.33 bits per heavy atom. The lowest BCUT2D eigenvalue weighted by atomic mass is 10.1. The third-order valence-electron chi connectivity index (χ3n) is 5.55. The summed E-state index contributed by atoms with van der Waals surface area (Å²) in [7, 11) is 3.18. The summed E-state index contributed by atoms with van der Waals surface area (Å²) in [5.74, 6) is 0.964. The van der Waals surface area contributed by atoms with E-state index in [1.165, 1.54) is 18.9 Å². The van der Waals surface area contributed by atoms with Crippen LogP contribution in [-0.2, 0) is 17.9 Å². The van der Waals surface area contributed by atoms with Crippen molar-refractivity contribution >= 4 is 5.91 Å². The first kappa shape index (κ1) is 22.1. The van der Waals surface area contributed by atoms with Gasteiger partial charge in [-0.05, 0) is 49.7 Å². The highest BCUT2D eigenvalue weighted by Crippen LogP contribution is 2.28. The number of nitrogens with zero attached hydrogens (tertiary/aromatic N) is 2. The van der Waals surface area contributed by atoms with Crippen LogP contribution in [0.5, 0.6) is 11.5 Å². The Hall–Kier alpha value is -2.60. The Balaban J connectivity index is 1.79. The molecule has 6 heteroatoms. The van der Waals surface area contributed by atoms with Crippen LogP contribution in [-0.4, -0.2) is 49.6 Å². The van der Waals surface area contributed by atoms with Crippen LogP contribution in [0.15, 0.2) is 42.5 Å². The van der Waals surface area contributed by atoms with E-state index >= 15 is 0 Å². The van der Waals surface area contributed by atoms with E-state index in [1.54, 1.807) is 37.3 Å². The SMILES string of the molecule is COc1ccc(CN(Cc2ccccc2F)C(=O)CN2CCCCCC2)cc1OC. The van der Waals surface area contributed by atoms with Crippen molar-refractivity contribution in [2.75, 3.05) is 33.9 Å². The van der Waals surface area contributed by atoms with E-state index in [0.29, 0.717) is 30.2 Å². The van der Waals surface area contributed by atoms with E-state index in [4.69, 9.17) is 9.47 Å². The molecule has 1 fully saturated rings. The molecule has 1 amide bonds. The molecular formula is C24H31FN2O3. The number of methoxy groups -OCH3 is 2. The molecule has 0 spiro atoms. The van der Waals surface area contributed by atoms with Gasteiger partial charge >= 0.3 is 0 Å². The van der Waals surface area contributed by atoms with Crippen LogP contribution in [0.4, 0.5) is 4.39 Å². The topological polar surface area (TPSA) is 42.0 Å². The van der Waals surface area contributed by atoms with E-state index in [9.17, 15) is 9.18 Å². The first-order valence-electron chi connectivity index (χ1n) is 10.5. The molecule has 0 saturated carbocycles. The monoisotopic (exact) mass is 414 g/mol. The first-order valence-corrected chi connectivity index (χ1v) is 10.5. The first-order chi connectivity index (χ1) is 14.6. The number of ether oxygens (including phenoxy) is 2. The predicted octanol–water partition coefficient (Wildman–Crippen LogP) is 4.25. The molecule has 0 atom stereocenters. The summed E-state index contributed by atoms with van der Waals surface area (Å²) in [6.07, 6.45) is 4.68. The van der Waals surface area contributed by atoms with Gasteiger partial charge in [0.15, 0.2) is 11.5 Å². The van der Waals surface area contributed by atoms with Crippen LogP contribution in [0.1, 0.15) is 36.8 Å². The number of hydrogen-bond donors (Lipinski definition) is 0. The quantitative estimate of drug-likeness (QED) is 0.648. The lowest BCUT2D eigenvalue weighted by Gasteiger charge is -2.27. The predicted molar refractivity (Wildman–Crippen MR) is 115 cm³/mol. The zero-order chi connectivity index (χ0) is 21.3. The highest BCUT2D eigenvalue weighted by molar-refractivity contribution is 5.78. The molecule has 30 heavy (non-hydrogen) atoms. The van der Waals surface area contributed by atoms with Crippen LogP contribution in [0.25, 0.3) is 0 Å². The van der Waals surface area contributed by atoms with Crippen LogP contribution in [0.3, 0.4) is 0 Å². The third kappa shape index (κ3) is 5.95. The van der Waals surface area contributed by atoms with Crippen LogP contribution < -0.4 is 9.47 Å². The minimum Gasteiger partial charge on any atom is -0.493 e. The number of carbonyl (C=O) groups is 1. The molecule has 0 radical (unpaired) electrons. The van der Waals surface area contributed by atoms with Crippen LogP contribution in [0.2, 0.25) is 0 Å². The molecule has 162 valence electrons. The summed E-state index contributed by atoms with van der Waals surface area (Å²) >= 11 is 0. The number of halogens is 1. The molecule has 0 N–H and O–H groups in total. The molecule has 0 aliphatic carbocycles. The molecular weight excluding hydrogens is 383 g/mol. The lowest BCUT2D eigenvalue weighted by Crippen LogP contribution is -2.40. The van der Waals surface area contributed by atoms with Gasteiger partial charge in [-0.25, -0.2) is 4.39 Å².